The van der Waals surface area contributed by atoms with Crippen molar-refractivity contribution >= 4 is 21.4 Å². The van der Waals surface area contributed by atoms with Gasteiger partial charge < -0.3 is 4.98 Å². The van der Waals surface area contributed by atoms with E-state index in [0.717, 1.165) is 37.3 Å². The minimum atomic E-state index is -2.86. The molecule has 0 bridgehead atoms. The van der Waals surface area contributed by atoms with Crippen molar-refractivity contribution in [3.8, 4) is 0 Å². The molecule has 0 amide bonds. The van der Waals surface area contributed by atoms with Crippen LogP contribution in [-0.4, -0.2) is 47.4 Å². The van der Waals surface area contributed by atoms with E-state index in [4.69, 9.17) is 11.6 Å². The lowest BCUT2D eigenvalue weighted by atomic mass is 10.2. The fraction of sp³-hybridized carbons (Fsp3) is 0.786. The number of sulfone groups is 1. The largest absolute Gasteiger partial charge is 0.344 e. The summed E-state index contributed by atoms with van der Waals surface area (Å²) in [4.78, 5) is 9.82. The number of nitrogens with one attached hydrogen (secondary N) is 1. The summed E-state index contributed by atoms with van der Waals surface area (Å²) in [5.41, 5.74) is 0.897. The second-order valence-corrected chi connectivity index (χ2v) is 8.26. The number of aryl methyl sites for hydroxylation is 1. The Morgan fingerprint density at radius 1 is 1.43 bits per heavy atom. The molecule has 0 unspecified atom stereocenters. The molecule has 21 heavy (non-hydrogen) atoms. The molecule has 1 aliphatic rings. The van der Waals surface area contributed by atoms with E-state index >= 15 is 0 Å². The highest BCUT2D eigenvalue weighted by Crippen LogP contribution is 2.22. The minimum Gasteiger partial charge on any atom is -0.344 e. The number of aromatic nitrogens is 2. The number of unbranched alkanes of at least 4 members (excludes halogenated alkanes) is 1. The van der Waals surface area contributed by atoms with E-state index in [9.17, 15) is 8.42 Å². The van der Waals surface area contributed by atoms with E-state index in [0.29, 0.717) is 23.9 Å². The van der Waals surface area contributed by atoms with Crippen LogP contribution in [0.4, 0.5) is 0 Å². The van der Waals surface area contributed by atoms with Crippen LogP contribution in [0, 0.1) is 0 Å². The summed E-state index contributed by atoms with van der Waals surface area (Å²) in [6, 6.07) is 0.0958. The SMILES string of the molecule is CCCCc1nc(Cl)c(CN(CC)[C@H]2CCS(=O)(=O)C2)[nH]1. The zero-order valence-corrected chi connectivity index (χ0v) is 14.3. The maximum Gasteiger partial charge on any atom is 0.151 e. The van der Waals surface area contributed by atoms with Crippen molar-refractivity contribution in [1.29, 1.82) is 0 Å². The molecule has 0 aromatic carbocycles. The first-order chi connectivity index (χ1) is 9.95. The van der Waals surface area contributed by atoms with Gasteiger partial charge >= 0.3 is 0 Å². The fourth-order valence-electron chi connectivity index (χ4n) is 2.77. The number of hydrogen-bond donors (Lipinski definition) is 1. The highest BCUT2D eigenvalue weighted by molar-refractivity contribution is 7.91. The standard InChI is InChI=1S/C14H24ClN3O2S/c1-3-5-6-13-16-12(14(15)17-13)9-18(4-2)11-7-8-21(19,20)10-11/h11H,3-10H2,1-2H3,(H,16,17)/t11-/m0/s1. The van der Waals surface area contributed by atoms with Crippen molar-refractivity contribution in [1.82, 2.24) is 14.9 Å². The first-order valence-corrected chi connectivity index (χ1v) is 9.82. The molecule has 1 fully saturated rings. The van der Waals surface area contributed by atoms with Crippen LogP contribution in [0.5, 0.6) is 0 Å². The molecule has 1 aliphatic heterocycles. The van der Waals surface area contributed by atoms with Crippen molar-refractivity contribution in [3.05, 3.63) is 16.7 Å². The Bertz CT molecular complexity index is 571. The summed E-state index contributed by atoms with van der Waals surface area (Å²) >= 11 is 6.20. The highest BCUT2D eigenvalue weighted by Gasteiger charge is 2.32. The molecule has 0 aliphatic carbocycles. The quantitative estimate of drug-likeness (QED) is 0.832. The Kier molecular flexibility index (Phi) is 5.68. The Balaban J connectivity index is 2.03. The average Bonchev–Trinajstić information content (AvgIpc) is 2.96. The first-order valence-electron chi connectivity index (χ1n) is 7.63. The predicted octanol–water partition coefficient (Wildman–Crippen LogP) is 2.41. The fourth-order valence-corrected chi connectivity index (χ4v) is 4.74. The summed E-state index contributed by atoms with van der Waals surface area (Å²) < 4.78 is 23.3. The van der Waals surface area contributed by atoms with Crippen molar-refractivity contribution in [2.45, 2.75) is 52.1 Å². The van der Waals surface area contributed by atoms with Gasteiger partial charge in [0.1, 0.15) is 5.82 Å². The first kappa shape index (κ1) is 16.8. The molecule has 5 nitrogen and oxygen atoms in total. The lowest BCUT2D eigenvalue weighted by Gasteiger charge is -2.25. The Hall–Kier alpha value is -0.590. The van der Waals surface area contributed by atoms with E-state index in [1.165, 1.54) is 0 Å². The second kappa shape index (κ2) is 7.11. The number of imidazole rings is 1. The van der Waals surface area contributed by atoms with Crippen molar-refractivity contribution in [3.63, 3.8) is 0 Å². The molecule has 2 heterocycles. The zero-order chi connectivity index (χ0) is 15.5. The summed E-state index contributed by atoms with van der Waals surface area (Å²) in [5, 5.41) is 0.514. The number of halogens is 1. The van der Waals surface area contributed by atoms with E-state index in [-0.39, 0.29) is 11.8 Å². The van der Waals surface area contributed by atoms with Crippen LogP contribution in [0.2, 0.25) is 5.15 Å². The highest BCUT2D eigenvalue weighted by atomic mass is 35.5. The average molecular weight is 334 g/mol. The third-order valence-corrected chi connectivity index (χ3v) is 6.10. The molecule has 120 valence electrons. The molecule has 1 aromatic rings. The lowest BCUT2D eigenvalue weighted by molar-refractivity contribution is 0.212. The van der Waals surface area contributed by atoms with Gasteiger partial charge in [-0.3, -0.25) is 4.90 Å². The Labute approximate surface area is 132 Å². The normalized spacial score (nSPS) is 21.2. The summed E-state index contributed by atoms with van der Waals surface area (Å²) in [7, 11) is -2.86. The molecule has 0 spiro atoms. The zero-order valence-electron chi connectivity index (χ0n) is 12.7. The van der Waals surface area contributed by atoms with Gasteiger partial charge in [0.25, 0.3) is 0 Å². The molecule has 2 rings (SSSR count). The van der Waals surface area contributed by atoms with Crippen LogP contribution in [0.1, 0.15) is 44.6 Å². The van der Waals surface area contributed by atoms with Gasteiger partial charge in [0.2, 0.25) is 0 Å². The second-order valence-electron chi connectivity index (χ2n) is 5.68. The topological polar surface area (TPSA) is 66.1 Å². The van der Waals surface area contributed by atoms with Crippen molar-refractivity contribution in [2.24, 2.45) is 0 Å². The Morgan fingerprint density at radius 3 is 2.76 bits per heavy atom. The van der Waals surface area contributed by atoms with E-state index in [1.54, 1.807) is 0 Å². The summed E-state index contributed by atoms with van der Waals surface area (Å²) in [6.07, 6.45) is 3.82. The van der Waals surface area contributed by atoms with Gasteiger partial charge in [-0.1, -0.05) is 31.9 Å². The molecule has 1 atom stereocenters. The lowest BCUT2D eigenvalue weighted by Crippen LogP contribution is -2.35. The van der Waals surface area contributed by atoms with Gasteiger partial charge in [0.05, 0.1) is 17.2 Å². The van der Waals surface area contributed by atoms with Crippen LogP contribution in [0.15, 0.2) is 0 Å². The van der Waals surface area contributed by atoms with Crippen molar-refractivity contribution < 1.29 is 8.42 Å². The molecule has 1 N–H and O–H groups in total. The van der Waals surface area contributed by atoms with Crippen LogP contribution < -0.4 is 0 Å². The smallest absolute Gasteiger partial charge is 0.151 e. The summed E-state index contributed by atoms with van der Waals surface area (Å²) in [5.74, 6) is 1.48. The maximum atomic E-state index is 11.6. The Morgan fingerprint density at radius 2 is 2.19 bits per heavy atom. The monoisotopic (exact) mass is 333 g/mol. The maximum absolute atomic E-state index is 11.6. The molecule has 1 saturated heterocycles. The number of rotatable bonds is 7. The minimum absolute atomic E-state index is 0.0958. The van der Waals surface area contributed by atoms with Crippen LogP contribution >= 0.6 is 11.6 Å². The van der Waals surface area contributed by atoms with Gasteiger partial charge in [-0.25, -0.2) is 13.4 Å². The molecular formula is C14H24ClN3O2S. The third-order valence-electron chi connectivity index (χ3n) is 4.04. The number of aromatic amines is 1. The van der Waals surface area contributed by atoms with Gasteiger partial charge in [-0.2, -0.15) is 0 Å². The van der Waals surface area contributed by atoms with Gasteiger partial charge in [0.15, 0.2) is 15.0 Å². The van der Waals surface area contributed by atoms with Crippen LogP contribution in [0.25, 0.3) is 0 Å². The molecule has 0 radical (unpaired) electrons. The van der Waals surface area contributed by atoms with Crippen LogP contribution in [-0.2, 0) is 22.8 Å². The number of H-pyrrole nitrogens is 1. The van der Waals surface area contributed by atoms with E-state index in [2.05, 4.69) is 21.8 Å². The van der Waals surface area contributed by atoms with E-state index < -0.39 is 9.84 Å². The molecule has 1 aromatic heterocycles. The van der Waals surface area contributed by atoms with Crippen LogP contribution in [0.3, 0.4) is 0 Å². The number of hydrogen-bond acceptors (Lipinski definition) is 4. The van der Waals surface area contributed by atoms with Crippen molar-refractivity contribution in [2.75, 3.05) is 18.1 Å². The van der Waals surface area contributed by atoms with Gasteiger partial charge in [0, 0.05) is 19.0 Å². The van der Waals surface area contributed by atoms with E-state index in [1.807, 2.05) is 6.92 Å². The molecule has 0 saturated carbocycles. The predicted molar refractivity (Wildman–Crippen MR) is 85.4 cm³/mol. The van der Waals surface area contributed by atoms with Gasteiger partial charge in [-0.15, -0.1) is 0 Å². The molecule has 7 heteroatoms. The number of nitrogens with zero attached hydrogens (tertiary/aromatic N) is 2. The van der Waals surface area contributed by atoms with Gasteiger partial charge in [-0.05, 0) is 19.4 Å². The molecular weight excluding hydrogens is 310 g/mol. The summed E-state index contributed by atoms with van der Waals surface area (Å²) in [6.45, 7) is 5.63. The third kappa shape index (κ3) is 4.44.